The second-order valence-corrected chi connectivity index (χ2v) is 16.4. The number of rotatable bonds is 4. The molecule has 0 aliphatic heterocycles. The molecule has 0 spiro atoms. The summed E-state index contributed by atoms with van der Waals surface area (Å²) in [6.07, 6.45) is 0. The van der Waals surface area contributed by atoms with Crippen LogP contribution in [-0.4, -0.2) is 0 Å². The Morgan fingerprint density at radius 3 is 1.51 bits per heavy atom. The van der Waals surface area contributed by atoms with Crippen molar-refractivity contribution in [1.82, 2.24) is 0 Å². The van der Waals surface area contributed by atoms with Gasteiger partial charge >= 0.3 is 0 Å². The third-order valence-electron chi connectivity index (χ3n) is 13.1. The Morgan fingerprint density at radius 1 is 0.305 bits per heavy atom. The van der Waals surface area contributed by atoms with Gasteiger partial charge in [0, 0.05) is 0 Å². The van der Waals surface area contributed by atoms with Gasteiger partial charge < -0.3 is 0 Å². The second-order valence-electron chi connectivity index (χ2n) is 16.4. The molecule has 0 aliphatic rings. The lowest BCUT2D eigenvalue weighted by Crippen LogP contribution is -1.93. The van der Waals surface area contributed by atoms with Crippen molar-refractivity contribution in [2.45, 2.75) is 20.8 Å². The van der Waals surface area contributed by atoms with Crippen molar-refractivity contribution in [3.63, 3.8) is 0 Å². The molecule has 0 heterocycles. The fourth-order valence-corrected chi connectivity index (χ4v) is 10.8. The molecule has 12 aromatic rings. The molecule has 0 saturated carbocycles. The molecule has 59 heavy (non-hydrogen) atoms. The quantitative estimate of drug-likeness (QED) is 0.165. The molecule has 0 N–H and O–H groups in total. The molecule has 0 fully saturated rings. The summed E-state index contributed by atoms with van der Waals surface area (Å²) in [6, 6.07) is 65.4. The number of hydrogen-bond acceptors (Lipinski definition) is 1. The van der Waals surface area contributed by atoms with E-state index in [1.165, 1.54) is 125 Å². The Morgan fingerprint density at radius 2 is 0.831 bits per heavy atom. The Balaban J connectivity index is 1.25. The van der Waals surface area contributed by atoms with E-state index in [4.69, 9.17) is 0 Å². The maximum absolute atomic E-state index is 9.56. The van der Waals surface area contributed by atoms with E-state index in [2.05, 4.69) is 184 Å². The van der Waals surface area contributed by atoms with Crippen LogP contribution in [0.25, 0.3) is 120 Å². The van der Waals surface area contributed by atoms with E-state index in [1.54, 1.807) is 0 Å². The summed E-state index contributed by atoms with van der Waals surface area (Å²) < 4.78 is 0. The molecule has 0 atom stereocenters. The lowest BCUT2D eigenvalue weighted by atomic mass is 9.84. The average molecular weight is 748 g/mol. The zero-order valence-corrected chi connectivity index (χ0v) is 33.1. The number of nitrogens with zero attached hydrogens (tertiary/aromatic N) is 1. The van der Waals surface area contributed by atoms with E-state index in [0.29, 0.717) is 0 Å². The van der Waals surface area contributed by atoms with E-state index >= 15 is 0 Å². The second kappa shape index (κ2) is 12.5. The highest BCUT2D eigenvalue weighted by Crippen LogP contribution is 2.55. The summed E-state index contributed by atoms with van der Waals surface area (Å²) in [5.74, 6) is 0. The van der Waals surface area contributed by atoms with Crippen LogP contribution in [0, 0.1) is 32.1 Å². The van der Waals surface area contributed by atoms with Gasteiger partial charge in [-0.15, -0.1) is 0 Å². The van der Waals surface area contributed by atoms with Crippen LogP contribution >= 0.6 is 0 Å². The van der Waals surface area contributed by atoms with Gasteiger partial charge in [0.1, 0.15) is 0 Å². The van der Waals surface area contributed by atoms with Crippen LogP contribution in [0.3, 0.4) is 0 Å². The summed E-state index contributed by atoms with van der Waals surface area (Å²) in [5.41, 5.74) is 14.1. The van der Waals surface area contributed by atoms with E-state index in [9.17, 15) is 5.26 Å². The minimum atomic E-state index is 0.721. The smallest absolute Gasteiger partial charge is 0.0994 e. The van der Waals surface area contributed by atoms with Gasteiger partial charge in [-0.3, -0.25) is 0 Å². The summed E-state index contributed by atoms with van der Waals surface area (Å²) >= 11 is 0. The summed E-state index contributed by atoms with van der Waals surface area (Å²) in [4.78, 5) is 0. The first kappa shape index (κ1) is 33.6. The minimum Gasteiger partial charge on any atom is -0.192 e. The molecule has 12 rings (SSSR count). The van der Waals surface area contributed by atoms with Gasteiger partial charge in [0.05, 0.1) is 11.6 Å². The van der Waals surface area contributed by atoms with Crippen LogP contribution in [0.15, 0.2) is 170 Å². The molecule has 0 aliphatic carbocycles. The topological polar surface area (TPSA) is 23.8 Å². The van der Waals surface area contributed by atoms with E-state index in [-0.39, 0.29) is 0 Å². The van der Waals surface area contributed by atoms with Crippen LogP contribution < -0.4 is 0 Å². The normalized spacial score (nSPS) is 12.0. The van der Waals surface area contributed by atoms with E-state index in [1.807, 2.05) is 13.0 Å². The molecule has 0 unspecified atom stereocenters. The first-order chi connectivity index (χ1) is 29.0. The molecule has 0 amide bonds. The van der Waals surface area contributed by atoms with Crippen LogP contribution in [0.5, 0.6) is 0 Å². The first-order valence-electron chi connectivity index (χ1n) is 20.5. The molecule has 0 aromatic heterocycles. The average Bonchev–Trinajstić information content (AvgIpc) is 3.78. The van der Waals surface area contributed by atoms with E-state index < -0.39 is 0 Å². The fourth-order valence-electron chi connectivity index (χ4n) is 10.8. The highest BCUT2D eigenvalue weighted by molar-refractivity contribution is 6.45. The SMILES string of the molecule is Cc1cc(-c2cc(C)c(-c3ccc4c5c(-c6ccccc6)c6cc7c8ccccc8c8cccc(c6c(-c6ccccc6)c5c5cccc3c45)c87)c(C)c2)ccc1C#N. The highest BCUT2D eigenvalue weighted by atomic mass is 14.3. The number of fused-ring (bicyclic) bond motifs is 8. The fraction of sp³-hybridized carbons (Fsp3) is 0.0517. The van der Waals surface area contributed by atoms with Crippen LogP contribution in [-0.2, 0) is 0 Å². The Kier molecular flexibility index (Phi) is 7.11. The third-order valence-corrected chi connectivity index (χ3v) is 13.1. The van der Waals surface area contributed by atoms with Gasteiger partial charge in [-0.25, -0.2) is 0 Å². The van der Waals surface area contributed by atoms with E-state index in [0.717, 1.165) is 16.7 Å². The van der Waals surface area contributed by atoms with Gasteiger partial charge in [0.2, 0.25) is 0 Å². The van der Waals surface area contributed by atoms with Crippen LogP contribution in [0.2, 0.25) is 0 Å². The van der Waals surface area contributed by atoms with Crippen molar-refractivity contribution in [3.05, 3.63) is 192 Å². The molecular formula is C58H37N. The minimum absolute atomic E-state index is 0.721. The summed E-state index contributed by atoms with van der Waals surface area (Å²) in [6.45, 7) is 6.50. The van der Waals surface area contributed by atoms with Gasteiger partial charge in [-0.05, 0) is 170 Å². The first-order valence-corrected chi connectivity index (χ1v) is 20.5. The lowest BCUT2D eigenvalue weighted by molar-refractivity contribution is 1.36. The van der Waals surface area contributed by atoms with Crippen molar-refractivity contribution in [2.24, 2.45) is 0 Å². The maximum atomic E-state index is 9.56. The van der Waals surface area contributed by atoms with Crippen molar-refractivity contribution in [1.29, 1.82) is 5.26 Å². The standard InChI is InChI=1S/C58H37N/c1-33-28-38(24-25-39(33)32-59)40-29-34(2)51(35(3)30-40)45-26-27-48-54-44(45)21-13-23-47(54)58-53(37-16-8-5-9-17-37)56-46-22-12-20-43-41-18-10-11-19-42(41)49(55(43)46)31-50(56)52(57(48)58)36-14-6-4-7-15-36/h4-31H,1-3H3. The summed E-state index contributed by atoms with van der Waals surface area (Å²) in [5, 5.41) is 27.9. The molecule has 0 radical (unpaired) electrons. The van der Waals surface area contributed by atoms with Gasteiger partial charge in [-0.2, -0.15) is 5.26 Å². The predicted octanol–water partition coefficient (Wildman–Crippen LogP) is 16.1. The number of hydrogen-bond donors (Lipinski definition) is 0. The summed E-state index contributed by atoms with van der Waals surface area (Å²) in [7, 11) is 0. The Bertz CT molecular complexity index is 3710. The number of aryl methyl sites for hydroxylation is 3. The van der Waals surface area contributed by atoms with Crippen molar-refractivity contribution in [3.8, 4) is 50.6 Å². The maximum Gasteiger partial charge on any atom is 0.0994 e. The largest absolute Gasteiger partial charge is 0.192 e. The molecule has 0 bridgehead atoms. The van der Waals surface area contributed by atoms with Crippen molar-refractivity contribution < 1.29 is 0 Å². The molecule has 0 saturated heterocycles. The number of nitriles is 1. The zero-order chi connectivity index (χ0) is 39.5. The van der Waals surface area contributed by atoms with Gasteiger partial charge in [0.25, 0.3) is 0 Å². The molecule has 274 valence electrons. The van der Waals surface area contributed by atoms with Crippen LogP contribution in [0.4, 0.5) is 0 Å². The Labute approximate surface area is 342 Å². The molecule has 1 nitrogen and oxygen atoms in total. The van der Waals surface area contributed by atoms with Gasteiger partial charge in [-0.1, -0.05) is 158 Å². The third kappa shape index (κ3) is 4.66. The van der Waals surface area contributed by atoms with Crippen molar-refractivity contribution >= 4 is 75.4 Å². The zero-order valence-electron chi connectivity index (χ0n) is 33.1. The van der Waals surface area contributed by atoms with Crippen LogP contribution in [0.1, 0.15) is 22.3 Å². The molecule has 12 aromatic carbocycles. The number of benzene rings is 10. The lowest BCUT2D eigenvalue weighted by Gasteiger charge is -2.19. The molecular weight excluding hydrogens is 711 g/mol. The predicted molar refractivity (Wildman–Crippen MR) is 252 cm³/mol. The van der Waals surface area contributed by atoms with Gasteiger partial charge in [0.15, 0.2) is 0 Å². The van der Waals surface area contributed by atoms with Crippen molar-refractivity contribution in [2.75, 3.05) is 0 Å². The molecule has 1 heteroatoms. The Hall–Kier alpha value is -7.53. The monoisotopic (exact) mass is 747 g/mol. The highest BCUT2D eigenvalue weighted by Gasteiger charge is 2.27.